The molecule has 3 heterocycles. The average molecular weight is 399 g/mol. The molecule has 0 saturated carbocycles. The third-order valence-electron chi connectivity index (χ3n) is 5.03. The normalized spacial score (nSPS) is 14.3. The molecule has 0 radical (unpaired) electrons. The Labute approximate surface area is 168 Å². The summed E-state index contributed by atoms with van der Waals surface area (Å²) in [6.07, 6.45) is 3.85. The molecule has 0 aromatic carbocycles. The fraction of sp³-hybridized carbons (Fsp3) is 0.474. The van der Waals surface area contributed by atoms with Gasteiger partial charge in [0.2, 0.25) is 0 Å². The smallest absolute Gasteiger partial charge is 0.255 e. The molecule has 0 aliphatic carbocycles. The molecule has 1 amide bonds. The monoisotopic (exact) mass is 398 g/mol. The van der Waals surface area contributed by atoms with Gasteiger partial charge in [-0.3, -0.25) is 9.78 Å². The highest BCUT2D eigenvalue weighted by Gasteiger charge is 2.25. The zero-order valence-corrected chi connectivity index (χ0v) is 17.2. The number of hydrogen-bond acceptors (Lipinski definition) is 3. The van der Waals surface area contributed by atoms with Crippen LogP contribution >= 0.6 is 24.8 Å². The Morgan fingerprint density at radius 3 is 2.58 bits per heavy atom. The lowest BCUT2D eigenvalue weighted by Gasteiger charge is -2.31. The van der Waals surface area contributed by atoms with Gasteiger partial charge in [0.15, 0.2) is 0 Å². The van der Waals surface area contributed by atoms with Crippen LogP contribution in [-0.2, 0) is 6.54 Å². The second-order valence-electron chi connectivity index (χ2n) is 6.59. The molecule has 0 bridgehead atoms. The van der Waals surface area contributed by atoms with Crippen LogP contribution in [-0.4, -0.2) is 46.5 Å². The van der Waals surface area contributed by atoms with Crippen LogP contribution in [0.15, 0.2) is 30.5 Å². The van der Waals surface area contributed by atoms with E-state index < -0.39 is 0 Å². The average Bonchev–Trinajstić information content (AvgIpc) is 2.90. The minimum Gasteiger partial charge on any atom is -0.342 e. The topological polar surface area (TPSA) is 50.2 Å². The van der Waals surface area contributed by atoms with Crippen molar-refractivity contribution in [2.45, 2.75) is 39.3 Å². The number of nitrogens with zero attached hydrogens (tertiary/aromatic N) is 3. The van der Waals surface area contributed by atoms with Crippen LogP contribution in [0.4, 0.5) is 0 Å². The van der Waals surface area contributed by atoms with Crippen LogP contribution in [0.5, 0.6) is 0 Å². The number of aryl methyl sites for hydroxylation is 1. The van der Waals surface area contributed by atoms with Crippen molar-refractivity contribution in [3.05, 3.63) is 53.1 Å². The molecule has 1 aliphatic rings. The predicted octanol–water partition coefficient (Wildman–Crippen LogP) is 3.22. The number of carbonyl (C=O) groups excluding carboxylic acids is 1. The quantitative estimate of drug-likeness (QED) is 0.859. The first-order valence-electron chi connectivity index (χ1n) is 8.62. The SMILES string of the molecule is Cc1cc(C(=O)N(C)C2CCNCC2)c(C)n1Cc1ccccn1.Cl.Cl. The maximum Gasteiger partial charge on any atom is 0.255 e. The summed E-state index contributed by atoms with van der Waals surface area (Å²) in [5.74, 6) is 0.127. The summed E-state index contributed by atoms with van der Waals surface area (Å²) in [7, 11) is 1.93. The Morgan fingerprint density at radius 1 is 1.27 bits per heavy atom. The lowest BCUT2D eigenvalue weighted by molar-refractivity contribution is 0.0702. The minimum atomic E-state index is 0. The van der Waals surface area contributed by atoms with E-state index >= 15 is 0 Å². The molecule has 1 N–H and O–H groups in total. The molecule has 0 spiro atoms. The number of piperidine rings is 1. The van der Waals surface area contributed by atoms with Crippen molar-refractivity contribution in [3.8, 4) is 0 Å². The summed E-state index contributed by atoms with van der Waals surface area (Å²) in [4.78, 5) is 19.3. The maximum absolute atomic E-state index is 13.0. The van der Waals surface area contributed by atoms with Crippen LogP contribution in [0.3, 0.4) is 0 Å². The van der Waals surface area contributed by atoms with Gasteiger partial charge in [0.1, 0.15) is 0 Å². The molecule has 1 aliphatic heterocycles. The minimum absolute atomic E-state index is 0. The first-order valence-corrected chi connectivity index (χ1v) is 8.62. The number of aromatic nitrogens is 2. The van der Waals surface area contributed by atoms with Crippen molar-refractivity contribution in [1.82, 2.24) is 19.8 Å². The van der Waals surface area contributed by atoms with Gasteiger partial charge in [-0.25, -0.2) is 0 Å². The highest BCUT2D eigenvalue weighted by molar-refractivity contribution is 5.95. The van der Waals surface area contributed by atoms with Gasteiger partial charge in [-0.15, -0.1) is 24.8 Å². The molecule has 0 unspecified atom stereocenters. The first-order chi connectivity index (χ1) is 11.6. The lowest BCUT2D eigenvalue weighted by atomic mass is 10.0. The molecule has 1 saturated heterocycles. The number of amides is 1. The van der Waals surface area contributed by atoms with Gasteiger partial charge in [0.25, 0.3) is 5.91 Å². The molecule has 2 aromatic heterocycles. The van der Waals surface area contributed by atoms with Gasteiger partial charge in [-0.2, -0.15) is 0 Å². The summed E-state index contributed by atoms with van der Waals surface area (Å²) in [5, 5.41) is 3.35. The van der Waals surface area contributed by atoms with Crippen molar-refractivity contribution >= 4 is 30.7 Å². The van der Waals surface area contributed by atoms with E-state index in [0.29, 0.717) is 12.6 Å². The summed E-state index contributed by atoms with van der Waals surface area (Å²) >= 11 is 0. The van der Waals surface area contributed by atoms with Gasteiger partial charge < -0.3 is 14.8 Å². The Kier molecular flexibility index (Phi) is 8.60. The van der Waals surface area contributed by atoms with Gasteiger partial charge in [0, 0.05) is 30.7 Å². The molecule has 2 aromatic rings. The molecule has 0 atom stereocenters. The Morgan fingerprint density at radius 2 is 1.96 bits per heavy atom. The van der Waals surface area contributed by atoms with Crippen LogP contribution in [0, 0.1) is 13.8 Å². The van der Waals surface area contributed by atoms with Crippen molar-refractivity contribution in [2.75, 3.05) is 20.1 Å². The van der Waals surface area contributed by atoms with E-state index in [0.717, 1.165) is 48.6 Å². The van der Waals surface area contributed by atoms with E-state index in [-0.39, 0.29) is 30.7 Å². The zero-order chi connectivity index (χ0) is 17.1. The summed E-state index contributed by atoms with van der Waals surface area (Å²) in [5.41, 5.74) is 3.93. The van der Waals surface area contributed by atoms with Crippen LogP contribution < -0.4 is 5.32 Å². The number of rotatable bonds is 4. The first kappa shape index (κ1) is 22.5. The standard InChI is InChI=1S/C19H26N4O.2ClH/c1-14-12-18(19(24)22(3)17-7-10-20-11-8-17)15(2)23(14)13-16-6-4-5-9-21-16;;/h4-6,9,12,17,20H,7-8,10-11,13H2,1-3H3;2*1H. The summed E-state index contributed by atoms with van der Waals surface area (Å²) < 4.78 is 2.17. The summed E-state index contributed by atoms with van der Waals surface area (Å²) in [6.45, 7) is 6.75. The van der Waals surface area contributed by atoms with Gasteiger partial charge in [0.05, 0.1) is 17.8 Å². The number of pyridine rings is 1. The molecule has 1 fully saturated rings. The van der Waals surface area contributed by atoms with Gasteiger partial charge >= 0.3 is 0 Å². The second kappa shape index (κ2) is 9.95. The van der Waals surface area contributed by atoms with E-state index in [4.69, 9.17) is 0 Å². The molecule has 144 valence electrons. The fourth-order valence-corrected chi connectivity index (χ4v) is 3.46. The number of halogens is 2. The zero-order valence-electron chi connectivity index (χ0n) is 15.6. The third kappa shape index (κ3) is 4.78. The van der Waals surface area contributed by atoms with E-state index in [1.54, 1.807) is 6.20 Å². The molecular formula is C19H28Cl2N4O. The van der Waals surface area contributed by atoms with Gasteiger partial charge in [-0.1, -0.05) is 6.07 Å². The van der Waals surface area contributed by atoms with E-state index in [2.05, 4.69) is 21.8 Å². The second-order valence-corrected chi connectivity index (χ2v) is 6.59. The molecule has 3 rings (SSSR count). The van der Waals surface area contributed by atoms with Crippen molar-refractivity contribution < 1.29 is 4.79 Å². The molecule has 5 nitrogen and oxygen atoms in total. The fourth-order valence-electron chi connectivity index (χ4n) is 3.46. The number of hydrogen-bond donors (Lipinski definition) is 1. The Hall–Kier alpha value is -1.56. The van der Waals surface area contributed by atoms with E-state index in [9.17, 15) is 4.79 Å². The van der Waals surface area contributed by atoms with Crippen molar-refractivity contribution in [2.24, 2.45) is 0 Å². The van der Waals surface area contributed by atoms with E-state index in [1.807, 2.05) is 43.1 Å². The van der Waals surface area contributed by atoms with Crippen LogP contribution in [0.1, 0.15) is 40.3 Å². The largest absolute Gasteiger partial charge is 0.342 e. The number of nitrogens with one attached hydrogen (secondary N) is 1. The van der Waals surface area contributed by atoms with Crippen molar-refractivity contribution in [1.29, 1.82) is 0 Å². The predicted molar refractivity (Wildman–Crippen MR) is 110 cm³/mol. The van der Waals surface area contributed by atoms with Gasteiger partial charge in [-0.05, 0) is 58.0 Å². The third-order valence-corrected chi connectivity index (χ3v) is 5.03. The highest BCUT2D eigenvalue weighted by atomic mass is 35.5. The number of carbonyl (C=O) groups is 1. The Balaban J connectivity index is 0.00000169. The van der Waals surface area contributed by atoms with E-state index in [1.165, 1.54) is 0 Å². The molecule has 26 heavy (non-hydrogen) atoms. The molecular weight excluding hydrogens is 371 g/mol. The van der Waals surface area contributed by atoms with Crippen LogP contribution in [0.2, 0.25) is 0 Å². The molecule has 7 heteroatoms. The van der Waals surface area contributed by atoms with Crippen LogP contribution in [0.25, 0.3) is 0 Å². The van der Waals surface area contributed by atoms with Crippen molar-refractivity contribution in [3.63, 3.8) is 0 Å². The lowest BCUT2D eigenvalue weighted by Crippen LogP contribution is -2.44. The Bertz CT molecular complexity index is 712. The highest BCUT2D eigenvalue weighted by Crippen LogP contribution is 2.20. The maximum atomic E-state index is 13.0. The summed E-state index contributed by atoms with van der Waals surface area (Å²) in [6, 6.07) is 8.27.